The number of guanidine groups is 1. The van der Waals surface area contributed by atoms with E-state index in [4.69, 9.17) is 0 Å². The van der Waals surface area contributed by atoms with Crippen molar-refractivity contribution < 1.29 is 8.42 Å². The summed E-state index contributed by atoms with van der Waals surface area (Å²) in [6.07, 6.45) is 5.75. The molecule has 0 aliphatic heterocycles. The normalized spacial score (nSPS) is 20.3. The fourth-order valence-electron chi connectivity index (χ4n) is 3.08. The number of nitrogens with zero attached hydrogens (tertiary/aromatic N) is 2. The van der Waals surface area contributed by atoms with Crippen molar-refractivity contribution in [2.45, 2.75) is 61.9 Å². The maximum absolute atomic E-state index is 12.5. The Hall–Kier alpha value is -0.520. The lowest BCUT2D eigenvalue weighted by atomic mass is 10.2. The molecule has 0 aromatic heterocycles. The van der Waals surface area contributed by atoms with Crippen LogP contribution in [0.5, 0.6) is 0 Å². The first-order valence-electron chi connectivity index (χ1n) is 9.35. The number of aliphatic imine (C=N–C) groups is 1. The van der Waals surface area contributed by atoms with Crippen molar-refractivity contribution in [3.8, 4) is 0 Å². The number of thioether (sulfide) groups is 1. The molecule has 0 bridgehead atoms. The van der Waals surface area contributed by atoms with E-state index in [1.165, 1.54) is 17.1 Å². The average molecular weight is 541 g/mol. The number of rotatable bonds is 7. The summed E-state index contributed by atoms with van der Waals surface area (Å²) in [6.45, 7) is 4.32. The standard InChI is InChI=1S/C19H32N4O2S2.HI/c1-14(2)23(4)27(24,25)18-10-6-15(7-11-18)13-21-19(20-3)22-16-8-9-17(12-16)26-5;/h6-7,10-11,14,16-17H,8-9,12-13H2,1-5H3,(H2,20,21,22);1H. The molecule has 1 fully saturated rings. The maximum atomic E-state index is 12.5. The Morgan fingerprint density at radius 1 is 1.29 bits per heavy atom. The molecule has 0 saturated heterocycles. The van der Waals surface area contributed by atoms with E-state index in [2.05, 4.69) is 21.9 Å². The molecule has 1 aromatic carbocycles. The first-order chi connectivity index (χ1) is 12.8. The average Bonchev–Trinajstić information content (AvgIpc) is 3.12. The molecule has 0 radical (unpaired) electrons. The summed E-state index contributed by atoms with van der Waals surface area (Å²) in [5.41, 5.74) is 1.01. The fraction of sp³-hybridized carbons (Fsp3) is 0.632. The van der Waals surface area contributed by atoms with Gasteiger partial charge in [-0.05, 0) is 57.1 Å². The number of hydrogen-bond acceptors (Lipinski definition) is 4. The van der Waals surface area contributed by atoms with Crippen LogP contribution in [0.25, 0.3) is 0 Å². The van der Waals surface area contributed by atoms with Gasteiger partial charge in [0.1, 0.15) is 0 Å². The van der Waals surface area contributed by atoms with Crippen LogP contribution in [-0.2, 0) is 16.6 Å². The minimum Gasteiger partial charge on any atom is -0.354 e. The summed E-state index contributed by atoms with van der Waals surface area (Å²) >= 11 is 1.94. The zero-order chi connectivity index (χ0) is 20.0. The second-order valence-electron chi connectivity index (χ2n) is 7.20. The van der Waals surface area contributed by atoms with E-state index in [1.54, 1.807) is 26.2 Å². The van der Waals surface area contributed by atoms with Crippen LogP contribution in [0.1, 0.15) is 38.7 Å². The van der Waals surface area contributed by atoms with Gasteiger partial charge >= 0.3 is 0 Å². The number of halogens is 1. The minimum absolute atomic E-state index is 0. The van der Waals surface area contributed by atoms with Gasteiger partial charge in [-0.1, -0.05) is 12.1 Å². The Bertz CT molecular complexity index is 739. The molecule has 2 atom stereocenters. The van der Waals surface area contributed by atoms with E-state index in [9.17, 15) is 8.42 Å². The van der Waals surface area contributed by atoms with Crippen LogP contribution < -0.4 is 10.6 Å². The van der Waals surface area contributed by atoms with Crippen molar-refractivity contribution in [3.05, 3.63) is 29.8 Å². The summed E-state index contributed by atoms with van der Waals surface area (Å²) < 4.78 is 26.4. The van der Waals surface area contributed by atoms with E-state index < -0.39 is 10.0 Å². The van der Waals surface area contributed by atoms with E-state index in [-0.39, 0.29) is 30.0 Å². The lowest BCUT2D eigenvalue weighted by molar-refractivity contribution is 0.410. The van der Waals surface area contributed by atoms with Gasteiger partial charge in [0.05, 0.1) is 4.90 Å². The minimum atomic E-state index is -3.44. The maximum Gasteiger partial charge on any atom is 0.243 e. The van der Waals surface area contributed by atoms with Crippen molar-refractivity contribution >= 4 is 51.7 Å². The van der Waals surface area contributed by atoms with Gasteiger partial charge in [-0.15, -0.1) is 24.0 Å². The third kappa shape index (κ3) is 6.77. The highest BCUT2D eigenvalue weighted by molar-refractivity contribution is 14.0. The Balaban J connectivity index is 0.00000392. The Morgan fingerprint density at radius 2 is 1.93 bits per heavy atom. The van der Waals surface area contributed by atoms with E-state index in [0.717, 1.165) is 23.2 Å². The van der Waals surface area contributed by atoms with E-state index in [1.807, 2.05) is 37.7 Å². The smallest absolute Gasteiger partial charge is 0.243 e. The van der Waals surface area contributed by atoms with Crippen LogP contribution in [0.2, 0.25) is 0 Å². The molecule has 0 spiro atoms. The highest BCUT2D eigenvalue weighted by atomic mass is 127. The number of nitrogens with one attached hydrogen (secondary N) is 2. The molecule has 2 N–H and O–H groups in total. The molecule has 2 rings (SSSR count). The number of hydrogen-bond donors (Lipinski definition) is 2. The van der Waals surface area contributed by atoms with Gasteiger partial charge in [-0.25, -0.2) is 8.42 Å². The molecule has 0 amide bonds. The topological polar surface area (TPSA) is 73.8 Å². The van der Waals surface area contributed by atoms with Crippen molar-refractivity contribution in [2.24, 2.45) is 4.99 Å². The largest absolute Gasteiger partial charge is 0.354 e. The quantitative estimate of drug-likeness (QED) is 0.316. The van der Waals surface area contributed by atoms with Crippen LogP contribution in [0.4, 0.5) is 0 Å². The van der Waals surface area contributed by atoms with Gasteiger partial charge in [-0.2, -0.15) is 16.1 Å². The molecule has 160 valence electrons. The Morgan fingerprint density at radius 3 is 2.43 bits per heavy atom. The second kappa shape index (κ2) is 11.6. The van der Waals surface area contributed by atoms with Crippen molar-refractivity contribution in [3.63, 3.8) is 0 Å². The van der Waals surface area contributed by atoms with Crippen molar-refractivity contribution in [1.82, 2.24) is 14.9 Å². The molecule has 0 heterocycles. The predicted octanol–water partition coefficient (Wildman–Crippen LogP) is 3.28. The van der Waals surface area contributed by atoms with Gasteiger partial charge in [0.15, 0.2) is 5.96 Å². The third-order valence-electron chi connectivity index (χ3n) is 5.07. The molecule has 1 aliphatic carbocycles. The summed E-state index contributed by atoms with van der Waals surface area (Å²) in [5, 5.41) is 7.54. The number of benzene rings is 1. The van der Waals surface area contributed by atoms with Gasteiger partial charge in [0, 0.05) is 38.0 Å². The molecule has 1 saturated carbocycles. The first-order valence-corrected chi connectivity index (χ1v) is 12.1. The SMILES string of the molecule is CN=C(NCc1ccc(S(=O)(=O)N(C)C(C)C)cc1)NC1CCC(SC)C1.I. The molecule has 9 heteroatoms. The second-order valence-corrected chi connectivity index (χ2v) is 10.3. The summed E-state index contributed by atoms with van der Waals surface area (Å²) in [4.78, 5) is 4.62. The lowest BCUT2D eigenvalue weighted by Gasteiger charge is -2.21. The predicted molar refractivity (Wildman–Crippen MR) is 130 cm³/mol. The Kier molecular flexibility index (Phi) is 10.6. The van der Waals surface area contributed by atoms with Gasteiger partial charge < -0.3 is 10.6 Å². The highest BCUT2D eigenvalue weighted by Crippen LogP contribution is 2.28. The highest BCUT2D eigenvalue weighted by Gasteiger charge is 2.25. The van der Waals surface area contributed by atoms with Crippen molar-refractivity contribution in [2.75, 3.05) is 20.4 Å². The molecule has 28 heavy (non-hydrogen) atoms. The molecule has 1 aromatic rings. The van der Waals surface area contributed by atoms with Crippen LogP contribution >= 0.6 is 35.7 Å². The molecular weight excluding hydrogens is 507 g/mol. The molecule has 6 nitrogen and oxygen atoms in total. The van der Waals surface area contributed by atoms with Crippen LogP contribution in [0.15, 0.2) is 34.2 Å². The summed E-state index contributed by atoms with van der Waals surface area (Å²) in [7, 11) is -0.0611. The first kappa shape index (κ1) is 25.5. The summed E-state index contributed by atoms with van der Waals surface area (Å²) in [6, 6.07) is 7.42. The van der Waals surface area contributed by atoms with Gasteiger partial charge in [0.2, 0.25) is 10.0 Å². The fourth-order valence-corrected chi connectivity index (χ4v) is 5.25. The van der Waals surface area contributed by atoms with Crippen LogP contribution in [0.3, 0.4) is 0 Å². The van der Waals surface area contributed by atoms with Gasteiger partial charge in [0.25, 0.3) is 0 Å². The van der Waals surface area contributed by atoms with Crippen LogP contribution in [0, 0.1) is 0 Å². The van der Waals surface area contributed by atoms with Crippen molar-refractivity contribution in [1.29, 1.82) is 0 Å². The zero-order valence-electron chi connectivity index (χ0n) is 17.3. The van der Waals surface area contributed by atoms with Gasteiger partial charge in [-0.3, -0.25) is 4.99 Å². The molecule has 1 aliphatic rings. The van der Waals surface area contributed by atoms with E-state index >= 15 is 0 Å². The third-order valence-corrected chi connectivity index (χ3v) is 8.21. The number of sulfonamides is 1. The van der Waals surface area contributed by atoms with Crippen LogP contribution in [-0.4, -0.2) is 56.4 Å². The molecular formula is C19H33IN4O2S2. The lowest BCUT2D eigenvalue weighted by Crippen LogP contribution is -2.42. The van der Waals surface area contributed by atoms with E-state index in [0.29, 0.717) is 17.5 Å². The monoisotopic (exact) mass is 540 g/mol. The Labute approximate surface area is 191 Å². The molecule has 2 unspecified atom stereocenters. The zero-order valence-corrected chi connectivity index (χ0v) is 21.3. The summed E-state index contributed by atoms with van der Waals surface area (Å²) in [5.74, 6) is 0.790.